The van der Waals surface area contributed by atoms with Crippen molar-refractivity contribution in [1.29, 1.82) is 0 Å². The van der Waals surface area contributed by atoms with E-state index in [-0.39, 0.29) is 0 Å². The lowest BCUT2D eigenvalue weighted by molar-refractivity contribution is 1.09. The molecule has 0 heterocycles. The fraction of sp³-hybridized carbons (Fsp3) is 0.429. The van der Waals surface area contributed by atoms with Gasteiger partial charge < -0.3 is 5.32 Å². The van der Waals surface area contributed by atoms with E-state index in [1.54, 1.807) is 0 Å². The van der Waals surface area contributed by atoms with Crippen LogP contribution in [0.3, 0.4) is 0 Å². The Morgan fingerprint density at radius 3 is 2.69 bits per heavy atom. The number of hydrogen-bond acceptors (Lipinski definition) is 1. The Hall–Kier alpha value is -0.950. The normalized spacial score (nSPS) is 11.6. The zero-order chi connectivity index (χ0) is 12.0. The molecule has 1 aromatic carbocycles. The predicted molar refractivity (Wildman–Crippen MR) is 73.5 cm³/mol. The zero-order valence-electron chi connectivity index (χ0n) is 10.3. The van der Waals surface area contributed by atoms with Crippen molar-refractivity contribution in [2.45, 2.75) is 26.7 Å². The first kappa shape index (κ1) is 13.1. The summed E-state index contributed by atoms with van der Waals surface area (Å²) in [5.41, 5.74) is 5.11. The molecule has 0 aromatic heterocycles. The van der Waals surface area contributed by atoms with Crippen molar-refractivity contribution in [2.75, 3.05) is 18.2 Å². The second-order valence-corrected chi connectivity index (χ2v) is 4.25. The first-order valence-corrected chi connectivity index (χ1v) is 6.25. The second-order valence-electron chi connectivity index (χ2n) is 3.98. The molecule has 0 aliphatic rings. The van der Waals surface area contributed by atoms with Gasteiger partial charge in [-0.05, 0) is 37.0 Å². The largest absolute Gasteiger partial charge is 0.388 e. The Bertz CT molecular complexity index is 369. The van der Waals surface area contributed by atoms with E-state index in [9.17, 15) is 0 Å². The van der Waals surface area contributed by atoms with E-state index in [0.29, 0.717) is 5.88 Å². The highest BCUT2D eigenvalue weighted by Gasteiger charge is 2.01. The van der Waals surface area contributed by atoms with Crippen LogP contribution in [-0.2, 0) is 6.42 Å². The van der Waals surface area contributed by atoms with E-state index in [2.05, 4.69) is 43.4 Å². The van der Waals surface area contributed by atoms with Gasteiger partial charge in [-0.15, -0.1) is 11.6 Å². The molecule has 0 amide bonds. The number of anilines is 1. The van der Waals surface area contributed by atoms with Crippen LogP contribution < -0.4 is 5.32 Å². The maximum atomic E-state index is 5.91. The summed E-state index contributed by atoms with van der Waals surface area (Å²) in [7, 11) is 1.95. The lowest BCUT2D eigenvalue weighted by atomic mass is 10.0. The summed E-state index contributed by atoms with van der Waals surface area (Å²) < 4.78 is 0. The molecule has 1 aromatic rings. The summed E-state index contributed by atoms with van der Waals surface area (Å²) in [6.45, 7) is 4.27. The van der Waals surface area contributed by atoms with Gasteiger partial charge in [0.05, 0.1) is 0 Å². The van der Waals surface area contributed by atoms with Crippen LogP contribution in [-0.4, -0.2) is 12.9 Å². The van der Waals surface area contributed by atoms with Crippen molar-refractivity contribution in [3.63, 3.8) is 0 Å². The molecule has 0 aliphatic carbocycles. The Labute approximate surface area is 104 Å². The smallest absolute Gasteiger partial charge is 0.0436 e. The average Bonchev–Trinajstić information content (AvgIpc) is 2.28. The summed E-state index contributed by atoms with van der Waals surface area (Å²) in [6.07, 6.45) is 4.23. The molecular formula is C14H20ClN. The fourth-order valence-electron chi connectivity index (χ4n) is 1.84. The highest BCUT2D eigenvalue weighted by Crippen LogP contribution is 2.18. The maximum Gasteiger partial charge on any atom is 0.0436 e. The monoisotopic (exact) mass is 237 g/mol. The molecule has 0 bridgehead atoms. The molecule has 1 rings (SSSR count). The number of hydrogen-bond donors (Lipinski definition) is 1. The topological polar surface area (TPSA) is 12.0 Å². The Kier molecular flexibility index (Phi) is 5.41. The molecule has 0 unspecified atom stereocenters. The molecule has 2 heteroatoms. The van der Waals surface area contributed by atoms with Crippen molar-refractivity contribution >= 4 is 17.3 Å². The van der Waals surface area contributed by atoms with Crippen LogP contribution in [0.4, 0.5) is 5.69 Å². The molecule has 0 fully saturated rings. The van der Waals surface area contributed by atoms with Crippen molar-refractivity contribution in [3.05, 3.63) is 41.0 Å². The minimum Gasteiger partial charge on any atom is -0.388 e. The van der Waals surface area contributed by atoms with Gasteiger partial charge in [-0.25, -0.2) is 0 Å². The molecule has 1 nitrogen and oxygen atoms in total. The van der Waals surface area contributed by atoms with E-state index in [1.807, 2.05) is 7.05 Å². The number of rotatable bonds is 5. The average molecular weight is 238 g/mol. The summed E-state index contributed by atoms with van der Waals surface area (Å²) in [6, 6.07) is 6.51. The van der Waals surface area contributed by atoms with Gasteiger partial charge in [0.25, 0.3) is 0 Å². The summed E-state index contributed by atoms with van der Waals surface area (Å²) in [5.74, 6) is 0.626. The number of aryl methyl sites for hydroxylation is 1. The van der Waals surface area contributed by atoms with Gasteiger partial charge in [0.1, 0.15) is 0 Å². The summed E-state index contributed by atoms with van der Waals surface area (Å²) in [4.78, 5) is 0. The van der Waals surface area contributed by atoms with Crippen LogP contribution in [0.5, 0.6) is 0 Å². The SMILES string of the molecule is CC/C=C(\CCl)Cc1ccc(NC)c(C)c1. The Balaban J connectivity index is 2.82. The third-order valence-electron chi connectivity index (χ3n) is 2.66. The molecule has 0 spiro atoms. The number of benzene rings is 1. The molecular weight excluding hydrogens is 218 g/mol. The number of halogens is 1. The zero-order valence-corrected chi connectivity index (χ0v) is 11.1. The van der Waals surface area contributed by atoms with Crippen molar-refractivity contribution in [1.82, 2.24) is 0 Å². The van der Waals surface area contributed by atoms with Crippen molar-refractivity contribution < 1.29 is 0 Å². The van der Waals surface area contributed by atoms with E-state index in [4.69, 9.17) is 11.6 Å². The van der Waals surface area contributed by atoms with Crippen molar-refractivity contribution in [3.8, 4) is 0 Å². The highest BCUT2D eigenvalue weighted by atomic mass is 35.5. The number of allylic oxidation sites excluding steroid dienone is 2. The highest BCUT2D eigenvalue weighted by molar-refractivity contribution is 6.19. The molecule has 88 valence electrons. The van der Waals surface area contributed by atoms with Crippen molar-refractivity contribution in [2.24, 2.45) is 0 Å². The maximum absolute atomic E-state index is 5.91. The lowest BCUT2D eigenvalue weighted by Gasteiger charge is -2.09. The van der Waals surface area contributed by atoms with E-state index >= 15 is 0 Å². The summed E-state index contributed by atoms with van der Waals surface area (Å²) in [5, 5.41) is 3.17. The van der Waals surface area contributed by atoms with Gasteiger partial charge in [0, 0.05) is 18.6 Å². The molecule has 0 atom stereocenters. The third kappa shape index (κ3) is 3.57. The lowest BCUT2D eigenvalue weighted by Crippen LogP contribution is -1.96. The van der Waals surface area contributed by atoms with Crippen LogP contribution in [0.25, 0.3) is 0 Å². The van der Waals surface area contributed by atoms with Gasteiger partial charge in [0.2, 0.25) is 0 Å². The molecule has 0 radical (unpaired) electrons. The van der Waals surface area contributed by atoms with Crippen LogP contribution in [0.15, 0.2) is 29.8 Å². The first-order chi connectivity index (χ1) is 7.71. The molecule has 0 saturated carbocycles. The van der Waals surface area contributed by atoms with Gasteiger partial charge in [-0.2, -0.15) is 0 Å². The second kappa shape index (κ2) is 6.59. The molecule has 1 N–H and O–H groups in total. The Morgan fingerprint density at radius 2 is 2.19 bits per heavy atom. The molecule has 0 saturated heterocycles. The number of alkyl halides is 1. The third-order valence-corrected chi connectivity index (χ3v) is 3.00. The van der Waals surface area contributed by atoms with Gasteiger partial charge >= 0.3 is 0 Å². The first-order valence-electron chi connectivity index (χ1n) is 5.72. The minimum atomic E-state index is 0.626. The summed E-state index contributed by atoms with van der Waals surface area (Å²) >= 11 is 5.91. The molecule has 16 heavy (non-hydrogen) atoms. The van der Waals surface area contributed by atoms with Crippen LogP contribution in [0.1, 0.15) is 24.5 Å². The van der Waals surface area contributed by atoms with Crippen LogP contribution in [0.2, 0.25) is 0 Å². The van der Waals surface area contributed by atoms with Crippen LogP contribution in [0, 0.1) is 6.92 Å². The van der Waals surface area contributed by atoms with Gasteiger partial charge in [-0.1, -0.05) is 30.7 Å². The predicted octanol–water partition coefficient (Wildman–Crippen LogP) is 4.15. The quantitative estimate of drug-likeness (QED) is 0.599. The Morgan fingerprint density at radius 1 is 1.44 bits per heavy atom. The standard InChI is InChI=1S/C14H20ClN/c1-4-5-13(10-15)9-12-6-7-14(16-3)11(2)8-12/h5-8,16H,4,9-10H2,1-3H3/b13-5-. The van der Waals surface area contributed by atoms with Gasteiger partial charge in [-0.3, -0.25) is 0 Å². The van der Waals surface area contributed by atoms with E-state index in [1.165, 1.54) is 22.4 Å². The number of nitrogens with one attached hydrogen (secondary N) is 1. The van der Waals surface area contributed by atoms with E-state index in [0.717, 1.165) is 12.8 Å². The van der Waals surface area contributed by atoms with Gasteiger partial charge in [0.15, 0.2) is 0 Å². The van der Waals surface area contributed by atoms with E-state index < -0.39 is 0 Å². The fourth-order valence-corrected chi connectivity index (χ4v) is 2.04. The van der Waals surface area contributed by atoms with Crippen LogP contribution >= 0.6 is 11.6 Å². The molecule has 0 aliphatic heterocycles. The minimum absolute atomic E-state index is 0.626.